The number of carboxylic acids is 1. The van der Waals surface area contributed by atoms with Crippen molar-refractivity contribution in [3.8, 4) is 11.5 Å². The summed E-state index contributed by atoms with van der Waals surface area (Å²) in [4.78, 5) is 46.0. The van der Waals surface area contributed by atoms with Crippen LogP contribution in [0.2, 0.25) is 0 Å². The number of benzene rings is 1. The van der Waals surface area contributed by atoms with Crippen LogP contribution in [0, 0.1) is 16.7 Å². The Morgan fingerprint density at radius 2 is 1.31 bits per heavy atom. The van der Waals surface area contributed by atoms with E-state index in [0.717, 1.165) is 38.5 Å². The second-order valence-electron chi connectivity index (χ2n) is 11.9. The van der Waals surface area contributed by atoms with Crippen LogP contribution >= 0.6 is 0 Å². The second-order valence-corrected chi connectivity index (χ2v) is 11.9. The van der Waals surface area contributed by atoms with Gasteiger partial charge in [0.2, 0.25) is 0 Å². The number of aliphatic carboxylic acids is 1. The Morgan fingerprint density at radius 1 is 0.821 bits per heavy atom. The van der Waals surface area contributed by atoms with Crippen molar-refractivity contribution in [2.24, 2.45) is 16.7 Å². The Bertz CT molecular complexity index is 969. The van der Waals surface area contributed by atoms with Gasteiger partial charge in [0.25, 0.3) is 0 Å². The molecule has 9 heteroatoms. The summed E-state index contributed by atoms with van der Waals surface area (Å²) in [5.74, 6) is -1.58. The molecule has 1 aromatic carbocycles. The molecule has 0 aliphatic heterocycles. The third-order valence-electron chi connectivity index (χ3n) is 7.52. The molecule has 1 aliphatic rings. The lowest BCUT2D eigenvalue weighted by molar-refractivity contribution is -0.169. The number of phenols is 1. The number of ether oxygens (including phenoxy) is 3. The molecule has 0 radical (unpaired) electrons. The van der Waals surface area contributed by atoms with Crippen molar-refractivity contribution in [1.82, 2.24) is 0 Å². The fourth-order valence-electron chi connectivity index (χ4n) is 3.77. The van der Waals surface area contributed by atoms with E-state index in [1.807, 2.05) is 55.4 Å². The Morgan fingerprint density at radius 3 is 1.77 bits per heavy atom. The van der Waals surface area contributed by atoms with E-state index in [4.69, 9.17) is 24.4 Å². The van der Waals surface area contributed by atoms with E-state index >= 15 is 0 Å². The van der Waals surface area contributed by atoms with Crippen molar-refractivity contribution in [2.75, 3.05) is 0 Å². The van der Waals surface area contributed by atoms with Gasteiger partial charge in [0.15, 0.2) is 0 Å². The predicted octanol–water partition coefficient (Wildman–Crippen LogP) is 6.05. The minimum atomic E-state index is -1.19. The lowest BCUT2D eigenvalue weighted by Gasteiger charge is -2.39. The average molecular weight is 551 g/mol. The van der Waals surface area contributed by atoms with Crippen LogP contribution in [0.1, 0.15) is 100 Å². The molecule has 220 valence electrons. The molecule has 9 nitrogen and oxygen atoms in total. The quantitative estimate of drug-likeness (QED) is 0.202. The highest BCUT2D eigenvalue weighted by molar-refractivity contribution is 5.90. The molecule has 2 rings (SSSR count). The lowest BCUT2D eigenvalue weighted by atomic mass is 9.77. The summed E-state index contributed by atoms with van der Waals surface area (Å²) in [6.07, 6.45) is 3.76. The van der Waals surface area contributed by atoms with Gasteiger partial charge in [-0.3, -0.25) is 19.2 Å². The largest absolute Gasteiger partial charge is 0.508 e. The van der Waals surface area contributed by atoms with Gasteiger partial charge in [0.1, 0.15) is 29.6 Å². The molecule has 0 saturated heterocycles. The van der Waals surface area contributed by atoms with Crippen molar-refractivity contribution >= 4 is 23.9 Å². The van der Waals surface area contributed by atoms with Crippen LogP contribution in [0.4, 0.5) is 0 Å². The highest BCUT2D eigenvalue weighted by Gasteiger charge is 2.38. The molecular weight excluding hydrogens is 504 g/mol. The maximum Gasteiger partial charge on any atom is 0.317 e. The summed E-state index contributed by atoms with van der Waals surface area (Å²) in [6.45, 7) is 15.0. The number of esters is 3. The van der Waals surface area contributed by atoms with Crippen LogP contribution in [0.25, 0.3) is 0 Å². The Hall–Kier alpha value is -3.10. The van der Waals surface area contributed by atoms with Gasteiger partial charge in [-0.05, 0) is 110 Å². The number of carbonyl (C=O) groups excluding carboxylic acids is 3. The van der Waals surface area contributed by atoms with Gasteiger partial charge in [0, 0.05) is 0 Å². The second kappa shape index (κ2) is 14.3. The number of carbonyl (C=O) groups is 4. The summed E-state index contributed by atoms with van der Waals surface area (Å²) < 4.78 is 16.1. The van der Waals surface area contributed by atoms with Gasteiger partial charge >= 0.3 is 23.9 Å². The van der Waals surface area contributed by atoms with E-state index in [1.54, 1.807) is 12.1 Å². The molecule has 0 aromatic heterocycles. The zero-order valence-corrected chi connectivity index (χ0v) is 24.7. The Balaban J connectivity index is 0.000000434. The van der Waals surface area contributed by atoms with Gasteiger partial charge in [-0.1, -0.05) is 13.8 Å². The topological polar surface area (TPSA) is 136 Å². The summed E-state index contributed by atoms with van der Waals surface area (Å²) >= 11 is 0. The zero-order chi connectivity index (χ0) is 30.0. The Kier molecular flexibility index (Phi) is 12.5. The van der Waals surface area contributed by atoms with Gasteiger partial charge in [-0.25, -0.2) is 0 Å². The highest BCUT2D eigenvalue weighted by Crippen LogP contribution is 2.37. The van der Waals surface area contributed by atoms with Crippen molar-refractivity contribution in [3.05, 3.63) is 24.3 Å². The SMILES string of the molecule is CCC(C)(C)C(=O)OC1CCC(C(C)(C)OC(=O)CC(=O)O)CC1.CCC(C)(C)C(=O)Oc1ccc(O)cc1. The maximum atomic E-state index is 12.1. The normalized spacial score (nSPS) is 17.7. The van der Waals surface area contributed by atoms with Gasteiger partial charge in [-0.15, -0.1) is 0 Å². The Labute approximate surface area is 232 Å². The van der Waals surface area contributed by atoms with Gasteiger partial charge < -0.3 is 24.4 Å². The molecule has 1 aromatic rings. The molecule has 0 bridgehead atoms. The molecule has 39 heavy (non-hydrogen) atoms. The monoisotopic (exact) mass is 550 g/mol. The van der Waals surface area contributed by atoms with Gasteiger partial charge in [0.05, 0.1) is 10.8 Å². The number of rotatable bonds is 10. The molecule has 2 N–H and O–H groups in total. The molecule has 0 amide bonds. The van der Waals surface area contributed by atoms with E-state index in [1.165, 1.54) is 12.1 Å². The number of hydrogen-bond acceptors (Lipinski definition) is 8. The number of hydrogen-bond donors (Lipinski definition) is 2. The standard InChI is InChI=1S/C18H30O6.C12H16O3/c1-6-17(2,3)16(22)23-13-9-7-12(8-10-13)18(4,5)24-15(21)11-14(19)20;1-4-12(2,3)11(14)15-10-7-5-9(13)6-8-10/h12-13H,6-11H2,1-5H3,(H,19,20);5-8,13H,4H2,1-3H3. The molecule has 1 aliphatic carbocycles. The first kappa shape index (κ1) is 33.9. The number of carboxylic acid groups (broad SMARTS) is 1. The minimum absolute atomic E-state index is 0.0925. The molecule has 0 unspecified atom stereocenters. The molecule has 0 heterocycles. The van der Waals surface area contributed by atoms with Crippen LogP contribution in [0.5, 0.6) is 11.5 Å². The molecule has 1 saturated carbocycles. The molecule has 0 atom stereocenters. The first-order valence-electron chi connectivity index (χ1n) is 13.6. The minimum Gasteiger partial charge on any atom is -0.508 e. The highest BCUT2D eigenvalue weighted by atomic mass is 16.6. The summed E-state index contributed by atoms with van der Waals surface area (Å²) in [5.41, 5.74) is -1.66. The van der Waals surface area contributed by atoms with Crippen LogP contribution in [0.15, 0.2) is 24.3 Å². The molecule has 1 fully saturated rings. The maximum absolute atomic E-state index is 12.1. The van der Waals surface area contributed by atoms with Crippen molar-refractivity contribution in [3.63, 3.8) is 0 Å². The fraction of sp³-hybridized carbons (Fsp3) is 0.667. The lowest BCUT2D eigenvalue weighted by Crippen LogP contribution is -2.41. The number of aromatic hydroxyl groups is 1. The van der Waals surface area contributed by atoms with E-state index in [9.17, 15) is 19.2 Å². The van der Waals surface area contributed by atoms with Crippen molar-refractivity contribution < 1.29 is 43.6 Å². The summed E-state index contributed by atoms with van der Waals surface area (Å²) in [7, 11) is 0. The third-order valence-corrected chi connectivity index (χ3v) is 7.52. The first-order valence-corrected chi connectivity index (χ1v) is 13.6. The van der Waals surface area contributed by atoms with Crippen LogP contribution in [0.3, 0.4) is 0 Å². The summed E-state index contributed by atoms with van der Waals surface area (Å²) in [5, 5.41) is 17.7. The van der Waals surface area contributed by atoms with Crippen molar-refractivity contribution in [2.45, 2.75) is 112 Å². The zero-order valence-electron chi connectivity index (χ0n) is 24.7. The van der Waals surface area contributed by atoms with Gasteiger partial charge in [-0.2, -0.15) is 0 Å². The smallest absolute Gasteiger partial charge is 0.317 e. The predicted molar refractivity (Wildman–Crippen MR) is 146 cm³/mol. The van der Waals surface area contributed by atoms with Crippen molar-refractivity contribution in [1.29, 1.82) is 0 Å². The first-order chi connectivity index (χ1) is 17.9. The van der Waals surface area contributed by atoms with E-state index in [2.05, 4.69) is 0 Å². The molecule has 0 spiro atoms. The van der Waals surface area contributed by atoms with Crippen LogP contribution in [-0.2, 0) is 28.7 Å². The van der Waals surface area contributed by atoms with E-state index < -0.39 is 34.8 Å². The summed E-state index contributed by atoms with van der Waals surface area (Å²) in [6, 6.07) is 6.11. The van der Waals surface area contributed by atoms with Crippen LogP contribution < -0.4 is 4.74 Å². The fourth-order valence-corrected chi connectivity index (χ4v) is 3.77. The van der Waals surface area contributed by atoms with Crippen LogP contribution in [-0.4, -0.2) is 45.8 Å². The third kappa shape index (κ3) is 11.3. The van der Waals surface area contributed by atoms with E-state index in [0.29, 0.717) is 5.75 Å². The van der Waals surface area contributed by atoms with E-state index in [-0.39, 0.29) is 29.7 Å². The average Bonchev–Trinajstić information content (AvgIpc) is 2.85. The number of phenolic OH excluding ortho intramolecular Hbond substituents is 1. The molecular formula is C30H46O9.